The fourth-order valence-corrected chi connectivity index (χ4v) is 3.28. The van der Waals surface area contributed by atoms with Gasteiger partial charge in [-0.3, -0.25) is 4.79 Å². The molecule has 0 saturated carbocycles. The molecule has 0 aliphatic rings. The number of anilines is 1. The zero-order chi connectivity index (χ0) is 15.6. The van der Waals surface area contributed by atoms with Crippen molar-refractivity contribution in [3.8, 4) is 0 Å². The first-order chi connectivity index (χ1) is 9.79. The fourth-order valence-electron chi connectivity index (χ4n) is 1.68. The third-order valence-electron chi connectivity index (χ3n) is 2.68. The lowest BCUT2D eigenvalue weighted by molar-refractivity contribution is 0.102. The van der Waals surface area contributed by atoms with Gasteiger partial charge in [-0.15, -0.1) is 11.3 Å². The minimum absolute atomic E-state index is 0.0704. The maximum Gasteiger partial charge on any atom is 0.275 e. The Morgan fingerprint density at radius 2 is 2.05 bits per heavy atom. The Morgan fingerprint density at radius 3 is 2.62 bits per heavy atom. The van der Waals surface area contributed by atoms with Gasteiger partial charge in [0.25, 0.3) is 5.91 Å². The van der Waals surface area contributed by atoms with E-state index in [0.717, 1.165) is 6.26 Å². The van der Waals surface area contributed by atoms with Crippen molar-refractivity contribution in [1.29, 1.82) is 0 Å². The number of aromatic nitrogens is 1. The molecule has 0 spiro atoms. The Kier molecular flexibility index (Phi) is 4.40. The van der Waals surface area contributed by atoms with Crippen LogP contribution in [-0.4, -0.2) is 25.6 Å². The summed E-state index contributed by atoms with van der Waals surface area (Å²) in [5.41, 5.74) is 6.15. The van der Waals surface area contributed by atoms with Gasteiger partial charge in [-0.05, 0) is 19.1 Å². The van der Waals surface area contributed by atoms with E-state index < -0.39 is 15.7 Å². The Bertz CT molecular complexity index is 766. The van der Waals surface area contributed by atoms with E-state index in [1.807, 2.05) is 0 Å². The molecule has 2 aromatic rings. The molecule has 3 N–H and O–H groups in total. The highest BCUT2D eigenvalue weighted by atomic mass is 32.2. The van der Waals surface area contributed by atoms with Gasteiger partial charge in [0.1, 0.15) is 10.7 Å². The van der Waals surface area contributed by atoms with Crippen LogP contribution in [-0.2, 0) is 9.84 Å². The van der Waals surface area contributed by atoms with E-state index in [4.69, 9.17) is 5.73 Å². The van der Waals surface area contributed by atoms with Gasteiger partial charge in [-0.2, -0.15) is 0 Å². The number of rotatable bonds is 4. The normalized spacial score (nSPS) is 12.9. The molecular formula is C13H15N3O3S2. The number of hydrogen-bond donors (Lipinski definition) is 2. The van der Waals surface area contributed by atoms with Crippen molar-refractivity contribution in [2.75, 3.05) is 11.6 Å². The van der Waals surface area contributed by atoms with Crippen molar-refractivity contribution >= 4 is 32.8 Å². The lowest BCUT2D eigenvalue weighted by atomic mass is 10.3. The summed E-state index contributed by atoms with van der Waals surface area (Å²) in [6.45, 7) is 1.78. The molecule has 1 atom stereocenters. The molecule has 0 fully saturated rings. The first kappa shape index (κ1) is 15.6. The molecule has 1 aromatic heterocycles. The van der Waals surface area contributed by atoms with Crippen molar-refractivity contribution in [3.05, 3.63) is 40.3 Å². The number of sulfone groups is 1. The van der Waals surface area contributed by atoms with Gasteiger partial charge in [-0.25, -0.2) is 13.4 Å². The summed E-state index contributed by atoms with van der Waals surface area (Å²) in [6, 6.07) is 5.98. The van der Waals surface area contributed by atoms with Crippen molar-refractivity contribution in [1.82, 2.24) is 4.98 Å². The minimum Gasteiger partial charge on any atom is -0.322 e. The molecule has 21 heavy (non-hydrogen) atoms. The van der Waals surface area contributed by atoms with Gasteiger partial charge in [0, 0.05) is 11.6 Å². The highest BCUT2D eigenvalue weighted by molar-refractivity contribution is 7.90. The van der Waals surface area contributed by atoms with Crippen molar-refractivity contribution in [2.45, 2.75) is 17.9 Å². The van der Waals surface area contributed by atoms with Crippen molar-refractivity contribution in [2.24, 2.45) is 5.73 Å². The predicted molar refractivity (Wildman–Crippen MR) is 82.2 cm³/mol. The van der Waals surface area contributed by atoms with Crippen LogP contribution in [0.3, 0.4) is 0 Å². The Balaban J connectivity index is 2.28. The summed E-state index contributed by atoms with van der Waals surface area (Å²) < 4.78 is 23.4. The number of nitrogens with zero attached hydrogens (tertiary/aromatic N) is 1. The van der Waals surface area contributed by atoms with Crippen LogP contribution in [0.25, 0.3) is 0 Å². The zero-order valence-electron chi connectivity index (χ0n) is 11.5. The number of benzene rings is 1. The largest absolute Gasteiger partial charge is 0.322 e. The summed E-state index contributed by atoms with van der Waals surface area (Å²) in [6.07, 6.45) is 1.09. The molecule has 0 saturated heterocycles. The van der Waals surface area contributed by atoms with Crippen LogP contribution >= 0.6 is 11.3 Å². The number of nitrogens with one attached hydrogen (secondary N) is 1. The molecule has 0 bridgehead atoms. The van der Waals surface area contributed by atoms with Crippen LogP contribution in [0.5, 0.6) is 0 Å². The van der Waals surface area contributed by atoms with Gasteiger partial charge in [0.2, 0.25) is 0 Å². The van der Waals surface area contributed by atoms with Crippen LogP contribution in [0.15, 0.2) is 34.5 Å². The van der Waals surface area contributed by atoms with Crippen LogP contribution in [0.4, 0.5) is 5.69 Å². The number of thiazole rings is 1. The first-order valence-corrected chi connectivity index (χ1v) is 8.87. The van der Waals surface area contributed by atoms with Crippen LogP contribution in [0.1, 0.15) is 28.5 Å². The molecule has 6 nitrogen and oxygen atoms in total. The summed E-state index contributed by atoms with van der Waals surface area (Å²) in [5.74, 6) is -0.464. The number of para-hydroxylation sites is 1. The SMILES string of the molecule is CC(N)c1nc(C(=O)Nc2ccccc2S(C)(=O)=O)cs1. The molecule has 112 valence electrons. The average molecular weight is 325 g/mol. The second kappa shape index (κ2) is 5.92. The van der Waals surface area contributed by atoms with E-state index in [1.54, 1.807) is 24.4 Å². The monoisotopic (exact) mass is 325 g/mol. The Labute approximate surface area is 126 Å². The second-order valence-corrected chi connectivity index (χ2v) is 7.46. The summed E-state index contributed by atoms with van der Waals surface area (Å²) in [7, 11) is -3.42. The van der Waals surface area contributed by atoms with Gasteiger partial charge in [0.05, 0.1) is 16.6 Å². The van der Waals surface area contributed by atoms with Gasteiger partial charge in [-0.1, -0.05) is 12.1 Å². The molecule has 2 rings (SSSR count). The van der Waals surface area contributed by atoms with E-state index in [-0.39, 0.29) is 22.3 Å². The van der Waals surface area contributed by atoms with E-state index in [0.29, 0.717) is 5.01 Å². The third kappa shape index (κ3) is 3.66. The van der Waals surface area contributed by atoms with Crippen molar-refractivity contribution in [3.63, 3.8) is 0 Å². The zero-order valence-corrected chi connectivity index (χ0v) is 13.2. The van der Waals surface area contributed by atoms with Gasteiger partial charge < -0.3 is 11.1 Å². The van der Waals surface area contributed by atoms with E-state index in [1.165, 1.54) is 23.5 Å². The Morgan fingerprint density at radius 1 is 1.38 bits per heavy atom. The average Bonchev–Trinajstić information content (AvgIpc) is 2.88. The Hall–Kier alpha value is -1.77. The lowest BCUT2D eigenvalue weighted by Gasteiger charge is -2.08. The van der Waals surface area contributed by atoms with Crippen LogP contribution in [0.2, 0.25) is 0 Å². The van der Waals surface area contributed by atoms with Crippen LogP contribution < -0.4 is 11.1 Å². The number of carbonyl (C=O) groups excluding carboxylic acids is 1. The highest BCUT2D eigenvalue weighted by Gasteiger charge is 2.17. The maximum atomic E-state index is 12.1. The minimum atomic E-state index is -3.42. The van der Waals surface area contributed by atoms with Gasteiger partial charge in [0.15, 0.2) is 9.84 Å². The molecule has 0 aliphatic carbocycles. The molecule has 1 heterocycles. The maximum absolute atomic E-state index is 12.1. The molecule has 8 heteroatoms. The molecule has 0 radical (unpaired) electrons. The molecule has 1 amide bonds. The highest BCUT2D eigenvalue weighted by Crippen LogP contribution is 2.22. The quantitative estimate of drug-likeness (QED) is 0.892. The van der Waals surface area contributed by atoms with Crippen molar-refractivity contribution < 1.29 is 13.2 Å². The fraction of sp³-hybridized carbons (Fsp3) is 0.231. The predicted octanol–water partition coefficient (Wildman–Crippen LogP) is 1.82. The molecular weight excluding hydrogens is 310 g/mol. The number of hydrogen-bond acceptors (Lipinski definition) is 6. The molecule has 0 aliphatic heterocycles. The lowest BCUT2D eigenvalue weighted by Crippen LogP contribution is -2.15. The van der Waals surface area contributed by atoms with E-state index in [9.17, 15) is 13.2 Å². The molecule has 1 aromatic carbocycles. The number of nitrogens with two attached hydrogens (primary N) is 1. The first-order valence-electron chi connectivity index (χ1n) is 6.10. The van der Waals surface area contributed by atoms with Gasteiger partial charge >= 0.3 is 0 Å². The second-order valence-electron chi connectivity index (χ2n) is 4.58. The van der Waals surface area contributed by atoms with E-state index >= 15 is 0 Å². The van der Waals surface area contributed by atoms with Crippen LogP contribution in [0, 0.1) is 0 Å². The van der Waals surface area contributed by atoms with E-state index in [2.05, 4.69) is 10.3 Å². The topological polar surface area (TPSA) is 102 Å². The standard InChI is InChI=1S/C13H15N3O3S2/c1-8(14)13-16-10(7-20-13)12(17)15-9-5-3-4-6-11(9)21(2,18)19/h3-8H,14H2,1-2H3,(H,15,17). The third-order valence-corrected chi connectivity index (χ3v) is 4.88. The smallest absolute Gasteiger partial charge is 0.275 e. The summed E-state index contributed by atoms with van der Waals surface area (Å²) in [5, 5.41) is 4.81. The summed E-state index contributed by atoms with van der Waals surface area (Å²) >= 11 is 1.29. The summed E-state index contributed by atoms with van der Waals surface area (Å²) in [4.78, 5) is 16.3. The number of carbonyl (C=O) groups is 1. The molecule has 1 unspecified atom stereocenters. The number of amides is 1.